The molecule has 2 aromatic rings. The van der Waals surface area contributed by atoms with Crippen LogP contribution >= 0.6 is 0 Å². The van der Waals surface area contributed by atoms with Crippen molar-refractivity contribution >= 4 is 11.7 Å². The molecule has 0 saturated heterocycles. The molecule has 0 aromatic heterocycles. The molecule has 2 N–H and O–H groups in total. The van der Waals surface area contributed by atoms with Crippen LogP contribution in [0.5, 0.6) is 5.75 Å². The third-order valence-corrected chi connectivity index (χ3v) is 3.19. The molecule has 2 rings (SSSR count). The lowest BCUT2D eigenvalue weighted by atomic mass is 10.1. The predicted molar refractivity (Wildman–Crippen MR) is 82.5 cm³/mol. The molecule has 0 heterocycles. The standard InChI is InChI=1S/C17H19NO3/c1-20-15-11-5-10-14(16(15)18)17(19)21-12-6-9-13-7-3-2-4-8-13/h2-5,7-8,10-11H,6,9,12,18H2,1H3. The van der Waals surface area contributed by atoms with Crippen molar-refractivity contribution in [3.05, 3.63) is 59.7 Å². The second-order valence-electron chi connectivity index (χ2n) is 4.65. The van der Waals surface area contributed by atoms with Crippen molar-refractivity contribution in [1.82, 2.24) is 0 Å². The Hall–Kier alpha value is -2.49. The first kappa shape index (κ1) is 14.9. The summed E-state index contributed by atoms with van der Waals surface area (Å²) in [6, 6.07) is 15.2. The molecule has 0 saturated carbocycles. The molecular weight excluding hydrogens is 266 g/mol. The third-order valence-electron chi connectivity index (χ3n) is 3.19. The molecule has 0 spiro atoms. The summed E-state index contributed by atoms with van der Waals surface area (Å²) in [4.78, 5) is 12.0. The molecule has 0 aliphatic carbocycles. The van der Waals surface area contributed by atoms with Crippen molar-refractivity contribution in [1.29, 1.82) is 0 Å². The fraction of sp³-hybridized carbons (Fsp3) is 0.235. The van der Waals surface area contributed by atoms with Gasteiger partial charge in [0.1, 0.15) is 5.75 Å². The minimum atomic E-state index is -0.417. The van der Waals surface area contributed by atoms with Gasteiger partial charge in [-0.1, -0.05) is 36.4 Å². The lowest BCUT2D eigenvalue weighted by Gasteiger charge is -2.10. The molecule has 110 valence electrons. The van der Waals surface area contributed by atoms with E-state index >= 15 is 0 Å². The lowest BCUT2D eigenvalue weighted by molar-refractivity contribution is 0.0501. The maximum absolute atomic E-state index is 12.0. The highest BCUT2D eigenvalue weighted by molar-refractivity contribution is 5.96. The van der Waals surface area contributed by atoms with Crippen molar-refractivity contribution in [2.45, 2.75) is 12.8 Å². The summed E-state index contributed by atoms with van der Waals surface area (Å²) in [5.41, 5.74) is 7.75. The molecule has 0 aliphatic rings. The van der Waals surface area contributed by atoms with Crippen LogP contribution in [0.3, 0.4) is 0 Å². The van der Waals surface area contributed by atoms with Gasteiger partial charge in [0.25, 0.3) is 0 Å². The molecule has 0 aliphatic heterocycles. The Kier molecular flexibility index (Phi) is 5.21. The average molecular weight is 285 g/mol. The fourth-order valence-corrected chi connectivity index (χ4v) is 2.06. The molecule has 21 heavy (non-hydrogen) atoms. The summed E-state index contributed by atoms with van der Waals surface area (Å²) in [7, 11) is 1.51. The van der Waals surface area contributed by atoms with E-state index in [1.54, 1.807) is 18.2 Å². The number of hydrogen-bond donors (Lipinski definition) is 1. The maximum Gasteiger partial charge on any atom is 0.340 e. The first-order chi connectivity index (χ1) is 10.2. The number of rotatable bonds is 6. The number of aryl methyl sites for hydroxylation is 1. The summed E-state index contributed by atoms with van der Waals surface area (Å²) in [6.07, 6.45) is 1.65. The van der Waals surface area contributed by atoms with Crippen molar-refractivity contribution < 1.29 is 14.3 Å². The zero-order valence-electron chi connectivity index (χ0n) is 12.0. The zero-order valence-corrected chi connectivity index (χ0v) is 12.0. The van der Waals surface area contributed by atoms with E-state index in [-0.39, 0.29) is 0 Å². The molecule has 0 bridgehead atoms. The molecule has 0 radical (unpaired) electrons. The van der Waals surface area contributed by atoms with Crippen LogP contribution in [-0.2, 0) is 11.2 Å². The van der Waals surface area contributed by atoms with Crippen LogP contribution in [0.15, 0.2) is 48.5 Å². The van der Waals surface area contributed by atoms with Gasteiger partial charge in [-0.15, -0.1) is 0 Å². The van der Waals surface area contributed by atoms with Crippen LogP contribution in [0.2, 0.25) is 0 Å². The highest BCUT2D eigenvalue weighted by Crippen LogP contribution is 2.25. The van der Waals surface area contributed by atoms with Crippen LogP contribution in [0.1, 0.15) is 22.3 Å². The molecule has 4 heteroatoms. The highest BCUT2D eigenvalue weighted by atomic mass is 16.5. The van der Waals surface area contributed by atoms with Gasteiger partial charge in [-0.2, -0.15) is 0 Å². The Morgan fingerprint density at radius 3 is 2.57 bits per heavy atom. The Balaban J connectivity index is 1.85. The number of ether oxygens (including phenoxy) is 2. The summed E-state index contributed by atoms with van der Waals surface area (Å²) in [5.74, 6) is 0.0631. The Bertz CT molecular complexity index is 596. The monoisotopic (exact) mass is 285 g/mol. The smallest absolute Gasteiger partial charge is 0.340 e. The SMILES string of the molecule is COc1cccc(C(=O)OCCCc2ccccc2)c1N. The number of carbonyl (C=O) groups is 1. The number of nitrogens with two attached hydrogens (primary N) is 1. The number of para-hydroxylation sites is 1. The van der Waals surface area contributed by atoms with Crippen molar-refractivity contribution in [3.63, 3.8) is 0 Å². The van der Waals surface area contributed by atoms with Crippen LogP contribution in [0.25, 0.3) is 0 Å². The number of esters is 1. The van der Waals surface area contributed by atoms with Gasteiger partial charge >= 0.3 is 5.97 Å². The highest BCUT2D eigenvalue weighted by Gasteiger charge is 2.14. The average Bonchev–Trinajstić information content (AvgIpc) is 2.52. The van der Waals surface area contributed by atoms with Gasteiger partial charge < -0.3 is 15.2 Å². The summed E-state index contributed by atoms with van der Waals surface area (Å²) < 4.78 is 10.3. The van der Waals surface area contributed by atoms with Gasteiger partial charge in [0.2, 0.25) is 0 Å². The van der Waals surface area contributed by atoms with Gasteiger partial charge in [-0.3, -0.25) is 0 Å². The number of methoxy groups -OCH3 is 1. The van der Waals surface area contributed by atoms with E-state index in [1.807, 2.05) is 18.2 Å². The molecule has 0 atom stereocenters. The van der Waals surface area contributed by atoms with Gasteiger partial charge in [0.05, 0.1) is 25.0 Å². The molecule has 0 unspecified atom stereocenters. The largest absolute Gasteiger partial charge is 0.495 e. The normalized spacial score (nSPS) is 10.1. The van der Waals surface area contributed by atoms with Gasteiger partial charge in [-0.05, 0) is 30.5 Å². The van der Waals surface area contributed by atoms with E-state index in [1.165, 1.54) is 12.7 Å². The maximum atomic E-state index is 12.0. The van der Waals surface area contributed by atoms with E-state index in [4.69, 9.17) is 15.2 Å². The number of anilines is 1. The summed E-state index contributed by atoms with van der Waals surface area (Å²) in [6.45, 7) is 0.365. The predicted octanol–water partition coefficient (Wildman–Crippen LogP) is 3.07. The van der Waals surface area contributed by atoms with Crippen LogP contribution < -0.4 is 10.5 Å². The van der Waals surface area contributed by atoms with E-state index in [9.17, 15) is 4.79 Å². The first-order valence-corrected chi connectivity index (χ1v) is 6.86. The summed E-state index contributed by atoms with van der Waals surface area (Å²) in [5, 5.41) is 0. The second kappa shape index (κ2) is 7.33. The van der Waals surface area contributed by atoms with E-state index < -0.39 is 5.97 Å². The Labute approximate surface area is 124 Å². The number of nitrogen functional groups attached to an aromatic ring is 1. The van der Waals surface area contributed by atoms with Crippen molar-refractivity contribution in [3.8, 4) is 5.75 Å². The quantitative estimate of drug-likeness (QED) is 0.503. The van der Waals surface area contributed by atoms with Gasteiger partial charge in [-0.25, -0.2) is 4.79 Å². The molecule has 2 aromatic carbocycles. The third kappa shape index (κ3) is 3.99. The lowest BCUT2D eigenvalue weighted by Crippen LogP contribution is -2.10. The number of benzene rings is 2. The minimum Gasteiger partial charge on any atom is -0.495 e. The zero-order chi connectivity index (χ0) is 15.1. The molecule has 0 fully saturated rings. The Morgan fingerprint density at radius 2 is 1.86 bits per heavy atom. The van der Waals surface area contributed by atoms with E-state index in [2.05, 4.69) is 12.1 Å². The second-order valence-corrected chi connectivity index (χ2v) is 4.65. The van der Waals surface area contributed by atoms with Crippen molar-refractivity contribution in [2.24, 2.45) is 0 Å². The van der Waals surface area contributed by atoms with Crippen LogP contribution in [-0.4, -0.2) is 19.7 Å². The van der Waals surface area contributed by atoms with Crippen molar-refractivity contribution in [2.75, 3.05) is 19.5 Å². The topological polar surface area (TPSA) is 61.5 Å². The van der Waals surface area contributed by atoms with Gasteiger partial charge in [0.15, 0.2) is 0 Å². The number of hydrogen-bond acceptors (Lipinski definition) is 4. The molecular formula is C17H19NO3. The first-order valence-electron chi connectivity index (χ1n) is 6.86. The molecule has 4 nitrogen and oxygen atoms in total. The van der Waals surface area contributed by atoms with Crippen LogP contribution in [0, 0.1) is 0 Å². The van der Waals surface area contributed by atoms with Gasteiger partial charge in [0, 0.05) is 0 Å². The Morgan fingerprint density at radius 1 is 1.10 bits per heavy atom. The molecule has 0 amide bonds. The van der Waals surface area contributed by atoms with E-state index in [0.29, 0.717) is 23.6 Å². The fourth-order valence-electron chi connectivity index (χ4n) is 2.06. The minimum absolute atomic E-state index is 0.313. The summed E-state index contributed by atoms with van der Waals surface area (Å²) >= 11 is 0. The van der Waals surface area contributed by atoms with E-state index in [0.717, 1.165) is 12.8 Å². The number of carbonyl (C=O) groups excluding carboxylic acids is 1. The van der Waals surface area contributed by atoms with Crippen LogP contribution in [0.4, 0.5) is 5.69 Å².